The molecule has 18 heteroatoms. The van der Waals surface area contributed by atoms with Gasteiger partial charge in [0.15, 0.2) is 5.82 Å². The summed E-state index contributed by atoms with van der Waals surface area (Å²) < 4.78 is 35.1. The van der Waals surface area contributed by atoms with Crippen LogP contribution in [0.5, 0.6) is 0 Å². The minimum atomic E-state index is -4.30. The van der Waals surface area contributed by atoms with Crippen molar-refractivity contribution in [3.63, 3.8) is 0 Å². The molecular weight excluding hydrogens is 637 g/mol. The molecule has 0 aliphatic carbocycles. The molecule has 0 bridgehead atoms. The highest BCUT2D eigenvalue weighted by atomic mass is 32.1. The predicted molar refractivity (Wildman–Crippen MR) is 170 cm³/mol. The lowest BCUT2D eigenvalue weighted by Crippen LogP contribution is -2.46. The maximum Gasteiger partial charge on any atom is 0.472 e. The van der Waals surface area contributed by atoms with Gasteiger partial charge in [-0.05, 0) is 12.1 Å². The Labute approximate surface area is 263 Å². The lowest BCUT2D eigenvalue weighted by molar-refractivity contribution is -0.0981. The number of hydrogen-bond donors (Lipinski definition) is 8. The van der Waals surface area contributed by atoms with E-state index in [0.29, 0.717) is 39.7 Å². The summed E-state index contributed by atoms with van der Waals surface area (Å²) in [6.07, 6.45) is -2.97. The summed E-state index contributed by atoms with van der Waals surface area (Å²) in [5.41, 5.74) is 3.49. The third kappa shape index (κ3) is 8.93. The fourth-order valence-corrected chi connectivity index (χ4v) is 6.86. The van der Waals surface area contributed by atoms with Crippen LogP contribution in [0.25, 0.3) is 5.52 Å². The standard InChI is InChI=1S/C26H42N5O10PS2/c1-24(2,3)22(34)43-10-8-39-42(36,37)40-9-11-44-23(35)25(4,5)13-38-14-26(12-27)20(33)18(32)19(41-26)16-6-7-17-21(28)29-15-30-31(16)17/h6-7,15,18-20,32-35,43-44H,8-11,13-14H2,1-5H3,(H,36,37)(H2,28,29,30)/t18-,19-,20-,26+/m0/s1. The first kappa shape index (κ1) is 36.7. The van der Waals surface area contributed by atoms with Crippen molar-refractivity contribution in [3.05, 3.63) is 24.2 Å². The third-order valence-electron chi connectivity index (χ3n) is 6.71. The fourth-order valence-electron chi connectivity index (χ4n) is 4.10. The van der Waals surface area contributed by atoms with Crippen LogP contribution in [0.2, 0.25) is 0 Å². The van der Waals surface area contributed by atoms with Crippen molar-refractivity contribution in [2.24, 2.45) is 10.8 Å². The van der Waals surface area contributed by atoms with E-state index in [-0.39, 0.29) is 41.5 Å². The second-order valence-electron chi connectivity index (χ2n) is 11.8. The second-order valence-corrected chi connectivity index (χ2v) is 15.7. The highest BCUT2D eigenvalue weighted by Gasteiger charge is 2.56. The van der Waals surface area contributed by atoms with Crippen molar-refractivity contribution < 1.29 is 48.4 Å². The monoisotopic (exact) mass is 679 g/mol. The molecule has 0 spiro atoms. The van der Waals surface area contributed by atoms with E-state index in [4.69, 9.17) is 24.3 Å². The number of aliphatic hydroxyl groups excluding tert-OH is 4. The molecule has 1 aliphatic rings. The number of hydrogen-bond acceptors (Lipinski definition) is 11. The van der Waals surface area contributed by atoms with Crippen LogP contribution in [-0.4, -0.2) is 106 Å². The molecule has 2 aromatic rings. The summed E-state index contributed by atoms with van der Waals surface area (Å²) in [5.74, 6) is 0.705. The summed E-state index contributed by atoms with van der Waals surface area (Å²) in [4.78, 5) is 13.8. The molecule has 1 saturated heterocycles. The van der Waals surface area contributed by atoms with E-state index < -0.39 is 49.2 Å². The Morgan fingerprint density at radius 3 is 2.36 bits per heavy atom. The van der Waals surface area contributed by atoms with Gasteiger partial charge in [0.1, 0.15) is 36.2 Å². The largest absolute Gasteiger partial charge is 0.472 e. The summed E-state index contributed by atoms with van der Waals surface area (Å²) in [6.45, 7) is 8.21. The van der Waals surface area contributed by atoms with Crippen LogP contribution in [-0.2, 0) is 23.1 Å². The number of aliphatic hydroxyl groups is 4. The fraction of sp³-hybridized carbons (Fsp3) is 0.654. The van der Waals surface area contributed by atoms with E-state index in [9.17, 15) is 35.1 Å². The van der Waals surface area contributed by atoms with Crippen molar-refractivity contribution in [1.82, 2.24) is 14.6 Å². The number of phosphoric acid groups is 1. The van der Waals surface area contributed by atoms with Gasteiger partial charge in [0.2, 0.25) is 5.60 Å². The van der Waals surface area contributed by atoms with Crippen LogP contribution in [0.4, 0.5) is 5.82 Å². The van der Waals surface area contributed by atoms with Crippen LogP contribution in [0.1, 0.15) is 46.4 Å². The number of nitriles is 1. The summed E-state index contributed by atoms with van der Waals surface area (Å²) >= 11 is 1.01. The number of nitrogens with zero attached hydrogens (tertiary/aromatic N) is 4. The molecule has 2 aromatic heterocycles. The van der Waals surface area contributed by atoms with Gasteiger partial charge < -0.3 is 40.5 Å². The number of nitrogen functional groups attached to an aromatic ring is 1. The molecule has 1 unspecified atom stereocenters. The van der Waals surface area contributed by atoms with Gasteiger partial charge in [-0.1, -0.05) is 34.6 Å². The van der Waals surface area contributed by atoms with Gasteiger partial charge in [0.05, 0.1) is 42.2 Å². The van der Waals surface area contributed by atoms with E-state index in [2.05, 4.69) is 10.1 Å². The van der Waals surface area contributed by atoms with E-state index in [1.165, 1.54) is 10.8 Å². The van der Waals surface area contributed by atoms with Gasteiger partial charge >= 0.3 is 7.82 Å². The number of fused-ring (bicyclic) bond motifs is 1. The molecule has 1 fully saturated rings. The van der Waals surface area contributed by atoms with Gasteiger partial charge in [0, 0.05) is 22.3 Å². The molecule has 0 saturated carbocycles. The minimum Gasteiger partial charge on any atom is -0.387 e. The quantitative estimate of drug-likeness (QED) is 0.0617. The van der Waals surface area contributed by atoms with Crippen LogP contribution in [0.3, 0.4) is 0 Å². The number of thiol groups is 2. The highest BCUT2D eigenvalue weighted by molar-refractivity contribution is 7.98. The second kappa shape index (κ2) is 14.8. The minimum absolute atomic E-state index is 0.00415. The zero-order valence-electron chi connectivity index (χ0n) is 25.2. The van der Waals surface area contributed by atoms with E-state index in [1.807, 2.05) is 26.8 Å². The zero-order chi connectivity index (χ0) is 32.9. The van der Waals surface area contributed by atoms with Gasteiger partial charge in [-0.3, -0.25) is 9.05 Å². The van der Waals surface area contributed by atoms with Gasteiger partial charge in [0.25, 0.3) is 0 Å². The van der Waals surface area contributed by atoms with Crippen molar-refractivity contribution in [2.45, 2.75) is 58.5 Å². The van der Waals surface area contributed by atoms with Crippen LogP contribution < -0.4 is 5.73 Å². The van der Waals surface area contributed by atoms with E-state index in [0.717, 1.165) is 0 Å². The summed E-state index contributed by atoms with van der Waals surface area (Å²) in [7, 11) is -4.30. The summed E-state index contributed by atoms with van der Waals surface area (Å²) in [6, 6.07) is 5.16. The Hall–Kier alpha value is -1.78. The topological polar surface area (TPSA) is 235 Å². The molecule has 5 atom stereocenters. The maximum atomic E-state index is 12.1. The average molecular weight is 680 g/mol. The first-order valence-electron chi connectivity index (χ1n) is 13.6. The lowest BCUT2D eigenvalue weighted by Gasteiger charge is -2.28. The average Bonchev–Trinajstić information content (AvgIpc) is 3.48. The van der Waals surface area contributed by atoms with Crippen LogP contribution in [0, 0.1) is 22.2 Å². The molecule has 15 nitrogen and oxygen atoms in total. The molecular formula is C26H42N5O10PS2. The van der Waals surface area contributed by atoms with Crippen molar-refractivity contribution >= 4 is 52.0 Å². The first-order chi connectivity index (χ1) is 20.4. The lowest BCUT2D eigenvalue weighted by atomic mass is 9.94. The molecule has 7 N–H and O–H groups in total. The highest BCUT2D eigenvalue weighted by Crippen LogP contribution is 2.43. The Morgan fingerprint density at radius 2 is 1.77 bits per heavy atom. The van der Waals surface area contributed by atoms with Crippen LogP contribution in [0.15, 0.2) is 18.5 Å². The van der Waals surface area contributed by atoms with Gasteiger partial charge in [-0.25, -0.2) is 14.1 Å². The van der Waals surface area contributed by atoms with Crippen LogP contribution >= 0.6 is 30.5 Å². The molecule has 248 valence electrons. The number of anilines is 1. The molecule has 3 rings (SSSR count). The Kier molecular flexibility index (Phi) is 12.3. The third-order valence-corrected chi connectivity index (χ3v) is 10.4. The number of aromatic nitrogens is 3. The summed E-state index contributed by atoms with van der Waals surface area (Å²) in [5, 5.41) is 56.5. The SMILES string of the molecule is CC(C)(C)C(O)=[SH]CCOP(=O)(O)OCC[SH]=C(O)C(C)(C)COC[C@@]1(C#N)O[C@@H](c2ccc3c(N)ncnn23)[C@H](O)[C@@H]1O. The number of phosphoric ester groups is 1. The zero-order valence-corrected chi connectivity index (χ0v) is 27.9. The molecule has 0 aromatic carbocycles. The first-order valence-corrected chi connectivity index (χ1v) is 17.3. The molecule has 3 heterocycles. The Balaban J connectivity index is 1.51. The Morgan fingerprint density at radius 1 is 1.16 bits per heavy atom. The van der Waals surface area contributed by atoms with Gasteiger partial charge in [-0.15, -0.1) is 0 Å². The normalized spacial score (nSPS) is 25.2. The molecule has 1 aliphatic heterocycles. The maximum absolute atomic E-state index is 12.1. The number of rotatable bonds is 14. The van der Waals surface area contributed by atoms with Crippen molar-refractivity contribution in [1.29, 1.82) is 5.26 Å². The molecule has 0 amide bonds. The molecule has 44 heavy (non-hydrogen) atoms. The van der Waals surface area contributed by atoms with Gasteiger partial charge in [-0.2, -0.15) is 33.1 Å². The predicted octanol–water partition coefficient (Wildman–Crippen LogP) is 1.90. The van der Waals surface area contributed by atoms with E-state index in [1.54, 1.807) is 26.0 Å². The number of ether oxygens (including phenoxy) is 2. The Bertz CT molecular complexity index is 1460. The number of nitrogens with two attached hydrogens (primary N) is 1. The van der Waals surface area contributed by atoms with Crippen molar-refractivity contribution in [3.8, 4) is 6.07 Å². The smallest absolute Gasteiger partial charge is 0.387 e. The van der Waals surface area contributed by atoms with Crippen molar-refractivity contribution in [2.75, 3.05) is 43.7 Å². The molecule has 0 radical (unpaired) electrons. The van der Waals surface area contributed by atoms with E-state index >= 15 is 0 Å².